The van der Waals surface area contributed by atoms with Crippen molar-refractivity contribution < 1.29 is 0 Å². The molecule has 3 nitrogen and oxygen atoms in total. The van der Waals surface area contributed by atoms with Gasteiger partial charge in [-0.3, -0.25) is 9.78 Å². The molecular weight excluding hydrogens is 388 g/mol. The molecule has 134 valence electrons. The maximum Gasteiger partial charge on any atom is 0.204 e. The van der Waals surface area contributed by atoms with Crippen LogP contribution in [-0.2, 0) is 6.42 Å². The van der Waals surface area contributed by atoms with Crippen molar-refractivity contribution in [2.75, 3.05) is 0 Å². The highest BCUT2D eigenvalue weighted by molar-refractivity contribution is 9.10. The summed E-state index contributed by atoms with van der Waals surface area (Å²) in [6, 6.07) is 12.5. The molecule has 0 aliphatic heterocycles. The maximum atomic E-state index is 12.6. The highest BCUT2D eigenvalue weighted by atomic mass is 79.9. The van der Waals surface area contributed by atoms with Crippen LogP contribution in [0.15, 0.2) is 51.9 Å². The molecule has 0 bridgehead atoms. The SMILES string of the molecule is CCCCc1ccc(-c2ccc(-c3c(C)[nH]c(C)c(Br)c3=O)cn2)cc1. The van der Waals surface area contributed by atoms with E-state index in [0.717, 1.165) is 34.6 Å². The molecule has 1 N–H and O–H groups in total. The lowest BCUT2D eigenvalue weighted by Gasteiger charge is -2.09. The standard InChI is InChI=1S/C22H23BrN2O/c1-4-5-6-16-7-9-17(10-8-16)19-12-11-18(13-24-19)20-14(2)25-15(3)21(23)22(20)26/h7-13H,4-6H2,1-3H3,(H,25,26). The van der Waals surface area contributed by atoms with E-state index in [1.807, 2.05) is 26.0 Å². The number of aryl methyl sites for hydroxylation is 3. The van der Waals surface area contributed by atoms with Gasteiger partial charge in [-0.1, -0.05) is 43.7 Å². The van der Waals surface area contributed by atoms with Crippen molar-refractivity contribution in [3.63, 3.8) is 0 Å². The van der Waals surface area contributed by atoms with Gasteiger partial charge in [0.05, 0.1) is 15.7 Å². The predicted molar refractivity (Wildman–Crippen MR) is 112 cm³/mol. The minimum absolute atomic E-state index is 0.00595. The van der Waals surface area contributed by atoms with Crippen LogP contribution in [0.25, 0.3) is 22.4 Å². The van der Waals surface area contributed by atoms with E-state index >= 15 is 0 Å². The van der Waals surface area contributed by atoms with Gasteiger partial charge in [-0.25, -0.2) is 0 Å². The van der Waals surface area contributed by atoms with Crippen LogP contribution in [0.5, 0.6) is 0 Å². The highest BCUT2D eigenvalue weighted by Gasteiger charge is 2.13. The minimum atomic E-state index is -0.00595. The molecule has 4 heteroatoms. The Bertz CT molecular complexity index is 957. The number of halogens is 1. The smallest absolute Gasteiger partial charge is 0.204 e. The van der Waals surface area contributed by atoms with E-state index < -0.39 is 0 Å². The van der Waals surface area contributed by atoms with Gasteiger partial charge in [-0.05, 0) is 54.2 Å². The lowest BCUT2D eigenvalue weighted by Crippen LogP contribution is -2.12. The van der Waals surface area contributed by atoms with Crippen molar-refractivity contribution in [1.29, 1.82) is 0 Å². The fourth-order valence-electron chi connectivity index (χ4n) is 3.13. The molecule has 1 aromatic carbocycles. The molecular formula is C22H23BrN2O. The number of aromatic nitrogens is 2. The number of aromatic amines is 1. The number of hydrogen-bond donors (Lipinski definition) is 1. The number of nitrogens with zero attached hydrogens (tertiary/aromatic N) is 1. The Morgan fingerprint density at radius 3 is 2.31 bits per heavy atom. The number of pyridine rings is 2. The molecule has 0 radical (unpaired) electrons. The van der Waals surface area contributed by atoms with E-state index in [1.165, 1.54) is 18.4 Å². The fraction of sp³-hybridized carbons (Fsp3) is 0.273. The summed E-state index contributed by atoms with van der Waals surface area (Å²) in [4.78, 5) is 20.4. The summed E-state index contributed by atoms with van der Waals surface area (Å²) in [6.07, 6.45) is 5.32. The largest absolute Gasteiger partial charge is 0.361 e. The first-order valence-corrected chi connectivity index (χ1v) is 9.75. The van der Waals surface area contributed by atoms with Gasteiger partial charge in [0.15, 0.2) is 0 Å². The quantitative estimate of drug-likeness (QED) is 0.575. The van der Waals surface area contributed by atoms with Crippen LogP contribution in [0, 0.1) is 13.8 Å². The van der Waals surface area contributed by atoms with Crippen LogP contribution in [0.1, 0.15) is 36.7 Å². The fourth-order valence-corrected chi connectivity index (χ4v) is 3.43. The van der Waals surface area contributed by atoms with Crippen molar-refractivity contribution >= 4 is 15.9 Å². The molecule has 0 unspecified atom stereocenters. The van der Waals surface area contributed by atoms with Crippen LogP contribution >= 0.6 is 15.9 Å². The summed E-state index contributed by atoms with van der Waals surface area (Å²) in [6.45, 7) is 6.01. The Kier molecular flexibility index (Phi) is 5.72. The van der Waals surface area contributed by atoms with E-state index in [9.17, 15) is 4.79 Å². The van der Waals surface area contributed by atoms with Crippen molar-refractivity contribution in [2.45, 2.75) is 40.0 Å². The Labute approximate surface area is 162 Å². The molecule has 2 heterocycles. The molecule has 2 aromatic heterocycles. The summed E-state index contributed by atoms with van der Waals surface area (Å²) in [5.41, 5.74) is 6.54. The van der Waals surface area contributed by atoms with Gasteiger partial charge < -0.3 is 4.98 Å². The third-order valence-corrected chi connectivity index (χ3v) is 5.58. The van der Waals surface area contributed by atoms with E-state index in [0.29, 0.717) is 10.0 Å². The third-order valence-electron chi connectivity index (χ3n) is 4.63. The van der Waals surface area contributed by atoms with Crippen molar-refractivity contribution in [3.8, 4) is 22.4 Å². The Balaban J connectivity index is 1.90. The second-order valence-electron chi connectivity index (χ2n) is 6.63. The van der Waals surface area contributed by atoms with E-state index in [-0.39, 0.29) is 5.43 Å². The molecule has 0 aliphatic rings. The second kappa shape index (κ2) is 8.00. The van der Waals surface area contributed by atoms with Crippen LogP contribution in [0.3, 0.4) is 0 Å². The highest BCUT2D eigenvalue weighted by Crippen LogP contribution is 2.24. The van der Waals surface area contributed by atoms with E-state index in [4.69, 9.17) is 0 Å². The molecule has 0 fully saturated rings. The Morgan fingerprint density at radius 2 is 1.69 bits per heavy atom. The van der Waals surface area contributed by atoms with Crippen molar-refractivity contribution in [3.05, 3.63) is 74.2 Å². The summed E-state index contributed by atoms with van der Waals surface area (Å²) in [7, 11) is 0. The molecule has 0 saturated carbocycles. The number of nitrogens with one attached hydrogen (secondary N) is 1. The van der Waals surface area contributed by atoms with Crippen LogP contribution < -0.4 is 5.43 Å². The van der Waals surface area contributed by atoms with Crippen LogP contribution in [0.2, 0.25) is 0 Å². The summed E-state index contributed by atoms with van der Waals surface area (Å²) in [5.74, 6) is 0. The Morgan fingerprint density at radius 1 is 1.00 bits per heavy atom. The van der Waals surface area contributed by atoms with Gasteiger partial charge >= 0.3 is 0 Å². The van der Waals surface area contributed by atoms with E-state index in [2.05, 4.69) is 57.1 Å². The summed E-state index contributed by atoms with van der Waals surface area (Å²) >= 11 is 3.37. The summed E-state index contributed by atoms with van der Waals surface area (Å²) < 4.78 is 0.574. The molecule has 3 aromatic rings. The minimum Gasteiger partial charge on any atom is -0.361 e. The first-order chi connectivity index (χ1) is 12.5. The zero-order valence-electron chi connectivity index (χ0n) is 15.4. The topological polar surface area (TPSA) is 45.8 Å². The van der Waals surface area contributed by atoms with Gasteiger partial charge in [-0.15, -0.1) is 0 Å². The maximum absolute atomic E-state index is 12.6. The lowest BCUT2D eigenvalue weighted by atomic mass is 10.0. The molecule has 0 atom stereocenters. The monoisotopic (exact) mass is 410 g/mol. The van der Waals surface area contributed by atoms with Crippen LogP contribution in [-0.4, -0.2) is 9.97 Å². The molecule has 0 spiro atoms. The Hall–Kier alpha value is -2.20. The van der Waals surface area contributed by atoms with Crippen molar-refractivity contribution in [2.24, 2.45) is 0 Å². The zero-order valence-corrected chi connectivity index (χ0v) is 17.0. The average molecular weight is 411 g/mol. The normalized spacial score (nSPS) is 10.9. The van der Waals surface area contributed by atoms with E-state index in [1.54, 1.807) is 6.20 Å². The zero-order chi connectivity index (χ0) is 18.7. The first kappa shape index (κ1) is 18.6. The third kappa shape index (κ3) is 3.80. The first-order valence-electron chi connectivity index (χ1n) is 8.96. The van der Waals surface area contributed by atoms with Gasteiger partial charge in [0.1, 0.15) is 0 Å². The number of H-pyrrole nitrogens is 1. The second-order valence-corrected chi connectivity index (χ2v) is 7.42. The number of rotatable bonds is 5. The molecule has 0 amide bonds. The molecule has 3 rings (SSSR count). The molecule has 26 heavy (non-hydrogen) atoms. The number of hydrogen-bond acceptors (Lipinski definition) is 2. The van der Waals surface area contributed by atoms with Crippen LogP contribution in [0.4, 0.5) is 0 Å². The molecule has 0 aliphatic carbocycles. The van der Waals surface area contributed by atoms with Gasteiger partial charge in [0, 0.05) is 28.7 Å². The van der Waals surface area contributed by atoms with Gasteiger partial charge in [0.25, 0.3) is 0 Å². The number of benzene rings is 1. The van der Waals surface area contributed by atoms with Crippen molar-refractivity contribution in [1.82, 2.24) is 9.97 Å². The summed E-state index contributed by atoms with van der Waals surface area (Å²) in [5, 5.41) is 0. The lowest BCUT2D eigenvalue weighted by molar-refractivity contribution is 0.795. The molecule has 0 saturated heterocycles. The average Bonchev–Trinajstić information content (AvgIpc) is 2.65. The van der Waals surface area contributed by atoms with Gasteiger partial charge in [-0.2, -0.15) is 0 Å². The van der Waals surface area contributed by atoms with Gasteiger partial charge in [0.2, 0.25) is 5.43 Å². The number of unbranched alkanes of at least 4 members (excludes halogenated alkanes) is 1. The predicted octanol–water partition coefficient (Wildman–Crippen LogP) is 5.83.